The van der Waals surface area contributed by atoms with Crippen LogP contribution in [0.2, 0.25) is 0 Å². The van der Waals surface area contributed by atoms with E-state index < -0.39 is 0 Å². The van der Waals surface area contributed by atoms with Crippen LogP contribution in [-0.2, 0) is 14.3 Å². The van der Waals surface area contributed by atoms with Crippen LogP contribution in [0.5, 0.6) is 0 Å². The summed E-state index contributed by atoms with van der Waals surface area (Å²) >= 11 is 0. The second-order valence-electron chi connectivity index (χ2n) is 3.17. The third-order valence-electron chi connectivity index (χ3n) is 2.18. The van der Waals surface area contributed by atoms with Gasteiger partial charge in [-0.1, -0.05) is 0 Å². The van der Waals surface area contributed by atoms with Crippen LogP contribution in [0.4, 0.5) is 0 Å². The Hall–Kier alpha value is -0.570. The molecule has 1 saturated heterocycles. The maximum atomic E-state index is 11.0. The van der Waals surface area contributed by atoms with Gasteiger partial charge >= 0.3 is 5.97 Å². The van der Waals surface area contributed by atoms with E-state index in [1.807, 2.05) is 0 Å². The van der Waals surface area contributed by atoms with Crippen molar-refractivity contribution in [2.45, 2.75) is 37.9 Å². The highest BCUT2D eigenvalue weighted by Crippen LogP contribution is 2.23. The van der Waals surface area contributed by atoms with Crippen LogP contribution in [0, 0.1) is 0 Å². The molecule has 0 aromatic heterocycles. The van der Waals surface area contributed by atoms with Crippen molar-refractivity contribution in [3.8, 4) is 0 Å². The monoisotopic (exact) mass is 156 g/mol. The van der Waals surface area contributed by atoms with E-state index in [-0.39, 0.29) is 18.2 Å². The van der Waals surface area contributed by atoms with Gasteiger partial charge in [-0.2, -0.15) is 0 Å². The van der Waals surface area contributed by atoms with Crippen molar-refractivity contribution in [3.63, 3.8) is 0 Å². The van der Waals surface area contributed by atoms with Crippen molar-refractivity contribution in [3.05, 3.63) is 0 Å². The molecule has 0 aromatic rings. The van der Waals surface area contributed by atoms with E-state index in [4.69, 9.17) is 9.47 Å². The summed E-state index contributed by atoms with van der Waals surface area (Å²) in [6, 6.07) is 0. The maximum Gasteiger partial charge on any atom is 0.337 e. The van der Waals surface area contributed by atoms with Crippen molar-refractivity contribution in [2.24, 2.45) is 0 Å². The molecule has 2 fully saturated rings. The van der Waals surface area contributed by atoms with E-state index in [0.29, 0.717) is 6.61 Å². The number of carbonyl (C=O) groups is 1. The average molecular weight is 156 g/mol. The van der Waals surface area contributed by atoms with Crippen molar-refractivity contribution in [1.82, 2.24) is 0 Å². The molecule has 1 aliphatic carbocycles. The molecule has 62 valence electrons. The number of carbonyl (C=O) groups excluding carboxylic acids is 1. The molecule has 3 nitrogen and oxygen atoms in total. The van der Waals surface area contributed by atoms with Gasteiger partial charge in [0.05, 0.1) is 6.61 Å². The number of epoxide rings is 1. The second-order valence-corrected chi connectivity index (χ2v) is 3.17. The zero-order valence-electron chi connectivity index (χ0n) is 6.41. The Bertz CT molecular complexity index is 157. The Kier molecular flexibility index (Phi) is 1.82. The SMILES string of the molecule is O=C(OC1CCCC1)C1CO1. The molecule has 0 bridgehead atoms. The lowest BCUT2D eigenvalue weighted by Crippen LogP contribution is -2.18. The van der Waals surface area contributed by atoms with E-state index in [2.05, 4.69) is 0 Å². The normalized spacial score (nSPS) is 30.4. The van der Waals surface area contributed by atoms with Crippen molar-refractivity contribution in [1.29, 1.82) is 0 Å². The third-order valence-corrected chi connectivity index (χ3v) is 2.18. The van der Waals surface area contributed by atoms with Crippen LogP contribution in [0.15, 0.2) is 0 Å². The van der Waals surface area contributed by atoms with Gasteiger partial charge in [0.1, 0.15) is 6.10 Å². The smallest absolute Gasteiger partial charge is 0.337 e. The van der Waals surface area contributed by atoms with Gasteiger partial charge < -0.3 is 9.47 Å². The fourth-order valence-corrected chi connectivity index (χ4v) is 1.43. The molecular formula is C8H12O3. The lowest BCUT2D eigenvalue weighted by Gasteiger charge is -2.08. The van der Waals surface area contributed by atoms with E-state index in [9.17, 15) is 4.79 Å². The first-order chi connectivity index (χ1) is 5.36. The van der Waals surface area contributed by atoms with E-state index in [0.717, 1.165) is 12.8 Å². The van der Waals surface area contributed by atoms with Crippen LogP contribution in [0.1, 0.15) is 25.7 Å². The summed E-state index contributed by atoms with van der Waals surface area (Å²) in [5.41, 5.74) is 0. The molecule has 2 aliphatic rings. The third kappa shape index (κ3) is 1.71. The summed E-state index contributed by atoms with van der Waals surface area (Å²) in [5.74, 6) is -0.156. The fourth-order valence-electron chi connectivity index (χ4n) is 1.43. The number of ether oxygens (including phenoxy) is 2. The predicted octanol–water partition coefficient (Wildman–Crippen LogP) is 0.871. The first-order valence-electron chi connectivity index (χ1n) is 4.18. The lowest BCUT2D eigenvalue weighted by molar-refractivity contribution is -0.150. The standard InChI is InChI=1S/C8H12O3/c9-8(7-5-10-7)11-6-3-1-2-4-6/h6-7H,1-5H2. The summed E-state index contributed by atoms with van der Waals surface area (Å²) in [7, 11) is 0. The van der Waals surface area contributed by atoms with Gasteiger partial charge in [-0.05, 0) is 25.7 Å². The Morgan fingerprint density at radius 2 is 2.00 bits per heavy atom. The van der Waals surface area contributed by atoms with Crippen LogP contribution < -0.4 is 0 Å². The summed E-state index contributed by atoms with van der Waals surface area (Å²) in [4.78, 5) is 11.0. The summed E-state index contributed by atoms with van der Waals surface area (Å²) in [6.45, 7) is 0.561. The van der Waals surface area contributed by atoms with Crippen molar-refractivity contribution < 1.29 is 14.3 Å². The highest BCUT2D eigenvalue weighted by Gasteiger charge is 2.34. The van der Waals surface area contributed by atoms with Crippen molar-refractivity contribution >= 4 is 5.97 Å². The van der Waals surface area contributed by atoms with E-state index >= 15 is 0 Å². The molecule has 2 rings (SSSR count). The van der Waals surface area contributed by atoms with Gasteiger partial charge in [0.2, 0.25) is 0 Å². The molecule has 1 aliphatic heterocycles. The minimum atomic E-state index is -0.226. The number of hydrogen-bond acceptors (Lipinski definition) is 3. The summed E-state index contributed by atoms with van der Waals surface area (Å²) < 4.78 is 9.98. The van der Waals surface area contributed by atoms with Gasteiger partial charge in [0.15, 0.2) is 6.10 Å². The first-order valence-corrected chi connectivity index (χ1v) is 4.18. The summed E-state index contributed by atoms with van der Waals surface area (Å²) in [5, 5.41) is 0. The fraction of sp³-hybridized carbons (Fsp3) is 0.875. The molecule has 1 atom stereocenters. The largest absolute Gasteiger partial charge is 0.460 e. The maximum absolute atomic E-state index is 11.0. The van der Waals surface area contributed by atoms with Crippen molar-refractivity contribution in [2.75, 3.05) is 6.61 Å². The number of esters is 1. The number of rotatable bonds is 2. The quantitative estimate of drug-likeness (QED) is 0.440. The molecule has 1 heterocycles. The molecule has 11 heavy (non-hydrogen) atoms. The molecule has 0 radical (unpaired) electrons. The molecule has 0 amide bonds. The Balaban J connectivity index is 1.74. The zero-order chi connectivity index (χ0) is 7.68. The Morgan fingerprint density at radius 1 is 1.36 bits per heavy atom. The first kappa shape index (κ1) is 7.10. The van der Waals surface area contributed by atoms with Crippen LogP contribution in [0.25, 0.3) is 0 Å². The van der Waals surface area contributed by atoms with Crippen LogP contribution >= 0.6 is 0 Å². The van der Waals surface area contributed by atoms with Gasteiger partial charge in [-0.3, -0.25) is 0 Å². The molecular weight excluding hydrogens is 144 g/mol. The van der Waals surface area contributed by atoms with Crippen LogP contribution in [-0.4, -0.2) is 24.8 Å². The molecule has 0 spiro atoms. The minimum absolute atomic E-state index is 0.156. The molecule has 3 heteroatoms. The van der Waals surface area contributed by atoms with Gasteiger partial charge in [0, 0.05) is 0 Å². The minimum Gasteiger partial charge on any atom is -0.460 e. The number of hydrogen-bond donors (Lipinski definition) is 0. The topological polar surface area (TPSA) is 38.8 Å². The van der Waals surface area contributed by atoms with Gasteiger partial charge in [-0.15, -0.1) is 0 Å². The highest BCUT2D eigenvalue weighted by molar-refractivity contribution is 5.77. The Morgan fingerprint density at radius 3 is 2.55 bits per heavy atom. The van der Waals surface area contributed by atoms with Gasteiger partial charge in [-0.25, -0.2) is 4.79 Å². The molecule has 1 saturated carbocycles. The predicted molar refractivity (Wildman–Crippen MR) is 38.1 cm³/mol. The second kappa shape index (κ2) is 2.81. The van der Waals surface area contributed by atoms with E-state index in [1.54, 1.807) is 0 Å². The summed E-state index contributed by atoms with van der Waals surface area (Å²) in [6.07, 6.45) is 4.44. The highest BCUT2D eigenvalue weighted by atomic mass is 16.6. The lowest BCUT2D eigenvalue weighted by atomic mass is 10.3. The molecule has 0 aromatic carbocycles. The Labute approximate surface area is 65.7 Å². The van der Waals surface area contributed by atoms with E-state index in [1.165, 1.54) is 12.8 Å². The average Bonchev–Trinajstić information content (AvgIpc) is 2.73. The van der Waals surface area contributed by atoms with Gasteiger partial charge in [0.25, 0.3) is 0 Å². The molecule has 0 N–H and O–H groups in total. The van der Waals surface area contributed by atoms with Crippen LogP contribution in [0.3, 0.4) is 0 Å². The molecule has 1 unspecified atom stereocenters. The zero-order valence-corrected chi connectivity index (χ0v) is 6.41.